The lowest BCUT2D eigenvalue weighted by atomic mass is 10.0. The molecule has 2 atom stereocenters. The topological polar surface area (TPSA) is 58.2 Å². The van der Waals surface area contributed by atoms with Gasteiger partial charge in [-0.05, 0) is 48.4 Å². The number of alkyl halides is 3. The molecule has 0 heterocycles. The Morgan fingerprint density at radius 3 is 2.18 bits per heavy atom. The van der Waals surface area contributed by atoms with Gasteiger partial charge in [-0.1, -0.05) is 25.4 Å². The van der Waals surface area contributed by atoms with Gasteiger partial charge in [0, 0.05) is 27.6 Å². The molecule has 0 aliphatic carbocycles. The second kappa shape index (κ2) is 8.96. The second-order valence-electron chi connectivity index (χ2n) is 6.53. The number of carbonyl (C=O) groups excluding carboxylic acids is 1. The molecule has 0 saturated heterocycles. The predicted octanol–water partition coefficient (Wildman–Crippen LogP) is 5.17. The third-order valence-electron chi connectivity index (χ3n) is 4.01. The number of anilines is 2. The van der Waals surface area contributed by atoms with Crippen molar-refractivity contribution in [2.75, 3.05) is 16.9 Å². The zero-order valence-electron chi connectivity index (χ0n) is 15.4. The number of carbonyl (C=O) groups is 1. The molecule has 0 spiro atoms. The molecule has 28 heavy (non-hydrogen) atoms. The first kappa shape index (κ1) is 22.2. The van der Waals surface area contributed by atoms with E-state index in [-0.39, 0.29) is 22.5 Å². The van der Waals surface area contributed by atoms with Crippen LogP contribution in [0, 0.1) is 5.92 Å². The van der Waals surface area contributed by atoms with Crippen molar-refractivity contribution < 1.29 is 22.2 Å². The molecule has 0 aliphatic rings. The van der Waals surface area contributed by atoms with E-state index in [0.29, 0.717) is 10.6 Å². The molecule has 9 heteroatoms. The number of hydrogen-bond acceptors (Lipinski definition) is 3. The van der Waals surface area contributed by atoms with E-state index in [9.17, 15) is 22.2 Å². The van der Waals surface area contributed by atoms with Crippen molar-refractivity contribution >= 4 is 39.7 Å². The summed E-state index contributed by atoms with van der Waals surface area (Å²) < 4.78 is 49.8. The van der Waals surface area contributed by atoms with Gasteiger partial charge >= 0.3 is 6.18 Å². The quantitative estimate of drug-likeness (QED) is 0.662. The van der Waals surface area contributed by atoms with Gasteiger partial charge in [-0.15, -0.1) is 0 Å². The van der Waals surface area contributed by atoms with Crippen LogP contribution in [0.5, 0.6) is 0 Å². The molecule has 0 aliphatic heterocycles. The van der Waals surface area contributed by atoms with Crippen LogP contribution in [0.2, 0.25) is 5.02 Å². The molecule has 0 fully saturated rings. The van der Waals surface area contributed by atoms with Crippen molar-refractivity contribution in [2.45, 2.75) is 31.0 Å². The van der Waals surface area contributed by atoms with E-state index in [1.807, 2.05) is 0 Å². The van der Waals surface area contributed by atoms with E-state index in [1.54, 1.807) is 44.4 Å². The predicted molar refractivity (Wildman–Crippen MR) is 106 cm³/mol. The minimum absolute atomic E-state index is 0.122. The van der Waals surface area contributed by atoms with E-state index in [2.05, 4.69) is 10.6 Å². The molecular weight excluding hydrogens is 413 g/mol. The van der Waals surface area contributed by atoms with Gasteiger partial charge in [0.1, 0.15) is 6.04 Å². The van der Waals surface area contributed by atoms with Crippen molar-refractivity contribution in [3.8, 4) is 0 Å². The lowest BCUT2D eigenvalue weighted by molar-refractivity contribution is -0.137. The number of benzene rings is 2. The summed E-state index contributed by atoms with van der Waals surface area (Å²) in [6, 6.07) is 8.78. The van der Waals surface area contributed by atoms with Crippen molar-refractivity contribution in [1.82, 2.24) is 0 Å². The van der Waals surface area contributed by atoms with Crippen LogP contribution in [-0.2, 0) is 21.8 Å². The largest absolute Gasteiger partial charge is 0.416 e. The molecule has 152 valence electrons. The van der Waals surface area contributed by atoms with E-state index in [0.717, 1.165) is 12.1 Å². The molecule has 0 unspecified atom stereocenters. The number of rotatable bonds is 6. The molecule has 2 aromatic carbocycles. The number of halogens is 4. The fourth-order valence-corrected chi connectivity index (χ4v) is 3.22. The minimum atomic E-state index is -4.49. The highest BCUT2D eigenvalue weighted by Crippen LogP contribution is 2.34. The van der Waals surface area contributed by atoms with E-state index < -0.39 is 28.6 Å². The average molecular weight is 433 g/mol. The van der Waals surface area contributed by atoms with Crippen LogP contribution in [0.15, 0.2) is 47.4 Å². The summed E-state index contributed by atoms with van der Waals surface area (Å²) in [5.74, 6) is -0.530. The fraction of sp³-hybridized carbons (Fsp3) is 0.316. The molecular formula is C19H20ClF3N2O2S. The SMILES string of the molecule is CC(C)[C@H](Nc1ccc(C(F)(F)F)cc1Cl)C(=O)Nc1ccc([S@@](C)=O)cc1. The van der Waals surface area contributed by atoms with Crippen LogP contribution in [0.1, 0.15) is 19.4 Å². The van der Waals surface area contributed by atoms with Gasteiger partial charge in [-0.3, -0.25) is 9.00 Å². The van der Waals surface area contributed by atoms with Crippen molar-refractivity contribution in [2.24, 2.45) is 5.92 Å². The summed E-state index contributed by atoms with van der Waals surface area (Å²) in [6.45, 7) is 3.61. The average Bonchev–Trinajstić information content (AvgIpc) is 2.59. The summed E-state index contributed by atoms with van der Waals surface area (Å²) in [6.07, 6.45) is -2.94. The van der Waals surface area contributed by atoms with Crippen LogP contribution in [0.3, 0.4) is 0 Å². The highest BCUT2D eigenvalue weighted by Gasteiger charge is 2.31. The zero-order valence-corrected chi connectivity index (χ0v) is 17.0. The third kappa shape index (κ3) is 5.72. The van der Waals surface area contributed by atoms with Crippen molar-refractivity contribution in [3.05, 3.63) is 53.1 Å². The third-order valence-corrected chi connectivity index (χ3v) is 5.26. The summed E-state index contributed by atoms with van der Waals surface area (Å²) >= 11 is 5.97. The molecule has 0 saturated carbocycles. The Labute approximate surface area is 168 Å². The zero-order chi connectivity index (χ0) is 21.1. The van der Waals surface area contributed by atoms with E-state index in [1.165, 1.54) is 6.07 Å². The summed E-state index contributed by atoms with van der Waals surface area (Å²) in [7, 11) is -1.12. The van der Waals surface area contributed by atoms with Gasteiger partial charge < -0.3 is 10.6 Å². The van der Waals surface area contributed by atoms with Crippen LogP contribution in [-0.4, -0.2) is 22.4 Å². The maximum Gasteiger partial charge on any atom is 0.416 e. The van der Waals surface area contributed by atoms with E-state index >= 15 is 0 Å². The molecule has 2 N–H and O–H groups in total. The number of nitrogens with one attached hydrogen (secondary N) is 2. The standard InChI is InChI=1S/C19H20ClF3N2O2S/c1-11(2)17(18(26)24-13-5-7-14(8-6-13)28(3)27)25-16-9-4-12(10-15(16)20)19(21,22)23/h4-11,17,25H,1-3H3,(H,24,26)/t17-,28+/m0/s1. The van der Waals surface area contributed by atoms with Gasteiger partial charge in [-0.2, -0.15) is 13.2 Å². The molecule has 4 nitrogen and oxygen atoms in total. The minimum Gasteiger partial charge on any atom is -0.372 e. The summed E-state index contributed by atoms with van der Waals surface area (Å²) in [5.41, 5.74) is -0.104. The van der Waals surface area contributed by atoms with Gasteiger partial charge in [-0.25, -0.2) is 0 Å². The lowest BCUT2D eigenvalue weighted by Crippen LogP contribution is -2.39. The smallest absolute Gasteiger partial charge is 0.372 e. The molecule has 2 rings (SSSR count). The maximum atomic E-state index is 12.8. The molecule has 0 radical (unpaired) electrons. The first-order chi connectivity index (χ1) is 13.0. The Morgan fingerprint density at radius 2 is 1.71 bits per heavy atom. The highest BCUT2D eigenvalue weighted by molar-refractivity contribution is 7.84. The Morgan fingerprint density at radius 1 is 1.11 bits per heavy atom. The normalized spacial score (nSPS) is 13.9. The Hall–Kier alpha value is -2.06. The first-order valence-corrected chi connectivity index (χ1v) is 10.3. The molecule has 0 bridgehead atoms. The Bertz CT molecular complexity index is 870. The van der Waals surface area contributed by atoms with Crippen molar-refractivity contribution in [3.63, 3.8) is 0 Å². The van der Waals surface area contributed by atoms with E-state index in [4.69, 9.17) is 11.6 Å². The van der Waals surface area contributed by atoms with Gasteiger partial charge in [0.05, 0.1) is 16.3 Å². The number of amides is 1. The highest BCUT2D eigenvalue weighted by atomic mass is 35.5. The molecule has 2 aromatic rings. The van der Waals surface area contributed by atoms with Crippen LogP contribution in [0.4, 0.5) is 24.5 Å². The van der Waals surface area contributed by atoms with Crippen LogP contribution >= 0.6 is 11.6 Å². The maximum absolute atomic E-state index is 12.8. The van der Waals surface area contributed by atoms with Gasteiger partial charge in [0.2, 0.25) is 5.91 Å². The first-order valence-electron chi connectivity index (χ1n) is 8.36. The Balaban J connectivity index is 2.16. The van der Waals surface area contributed by atoms with Crippen LogP contribution < -0.4 is 10.6 Å². The van der Waals surface area contributed by atoms with Crippen molar-refractivity contribution in [1.29, 1.82) is 0 Å². The van der Waals surface area contributed by atoms with Crippen LogP contribution in [0.25, 0.3) is 0 Å². The van der Waals surface area contributed by atoms with Gasteiger partial charge in [0.25, 0.3) is 0 Å². The summed E-state index contributed by atoms with van der Waals surface area (Å²) in [4.78, 5) is 13.3. The second-order valence-corrected chi connectivity index (χ2v) is 8.31. The summed E-state index contributed by atoms with van der Waals surface area (Å²) in [5, 5.41) is 5.53. The monoisotopic (exact) mass is 432 g/mol. The Kier molecular flexibility index (Phi) is 7.11. The lowest BCUT2D eigenvalue weighted by Gasteiger charge is -2.24. The fourth-order valence-electron chi connectivity index (χ4n) is 2.46. The van der Waals surface area contributed by atoms with Gasteiger partial charge in [0.15, 0.2) is 0 Å². The molecule has 1 amide bonds. The molecule has 0 aromatic heterocycles. The number of hydrogen-bond donors (Lipinski definition) is 2.